The van der Waals surface area contributed by atoms with Crippen molar-refractivity contribution in [3.63, 3.8) is 0 Å². The van der Waals surface area contributed by atoms with Crippen LogP contribution in [-0.4, -0.2) is 23.3 Å². The van der Waals surface area contributed by atoms with Gasteiger partial charge in [0.1, 0.15) is 12.4 Å². The van der Waals surface area contributed by atoms with E-state index in [-0.39, 0.29) is 0 Å². The Labute approximate surface area is 94.4 Å². The van der Waals surface area contributed by atoms with Gasteiger partial charge in [-0.25, -0.2) is 0 Å². The third-order valence-corrected chi connectivity index (χ3v) is 2.24. The summed E-state index contributed by atoms with van der Waals surface area (Å²) in [6.07, 6.45) is 0. The zero-order valence-electron chi connectivity index (χ0n) is 9.23. The topological polar surface area (TPSA) is 63.9 Å². The van der Waals surface area contributed by atoms with E-state index < -0.39 is 0 Å². The predicted molar refractivity (Wildman–Crippen MR) is 63.3 cm³/mol. The quantitative estimate of drug-likeness (QED) is 0.819. The van der Waals surface area contributed by atoms with Gasteiger partial charge in [0.2, 0.25) is 0 Å². The van der Waals surface area contributed by atoms with Gasteiger partial charge in [-0.2, -0.15) is 5.10 Å². The molecule has 0 bridgehead atoms. The Kier molecular flexibility index (Phi) is 3.22. The summed E-state index contributed by atoms with van der Waals surface area (Å²) < 4.78 is 5.40. The van der Waals surface area contributed by atoms with Crippen molar-refractivity contribution < 1.29 is 4.74 Å². The summed E-state index contributed by atoms with van der Waals surface area (Å²) >= 11 is 0. The van der Waals surface area contributed by atoms with Crippen molar-refractivity contribution in [3.05, 3.63) is 36.0 Å². The number of aryl methyl sites for hydroxylation is 1. The molecule has 0 fully saturated rings. The minimum atomic E-state index is 0.528. The maximum absolute atomic E-state index is 5.40. The second-order valence-electron chi connectivity index (χ2n) is 3.60. The van der Waals surface area contributed by atoms with E-state index in [0.717, 1.165) is 22.7 Å². The number of H-pyrrole nitrogens is 1. The summed E-state index contributed by atoms with van der Waals surface area (Å²) in [6, 6.07) is 9.84. The molecule has 4 heteroatoms. The van der Waals surface area contributed by atoms with E-state index in [0.29, 0.717) is 13.2 Å². The molecule has 0 aliphatic carbocycles. The van der Waals surface area contributed by atoms with Gasteiger partial charge in [-0.1, -0.05) is 0 Å². The summed E-state index contributed by atoms with van der Waals surface area (Å²) in [4.78, 5) is 0. The Hall–Kier alpha value is -1.81. The van der Waals surface area contributed by atoms with Crippen LogP contribution in [0.15, 0.2) is 30.3 Å². The van der Waals surface area contributed by atoms with Gasteiger partial charge in [0.25, 0.3) is 0 Å². The molecule has 16 heavy (non-hydrogen) atoms. The molecule has 0 unspecified atom stereocenters. The van der Waals surface area contributed by atoms with Crippen molar-refractivity contribution in [2.75, 3.05) is 13.2 Å². The van der Waals surface area contributed by atoms with Gasteiger partial charge in [-0.05, 0) is 37.3 Å². The predicted octanol–water partition coefficient (Wildman–Crippen LogP) is 1.72. The minimum absolute atomic E-state index is 0.528. The van der Waals surface area contributed by atoms with Crippen LogP contribution in [0.1, 0.15) is 5.69 Å². The van der Waals surface area contributed by atoms with Crippen molar-refractivity contribution in [1.29, 1.82) is 0 Å². The Morgan fingerprint density at radius 3 is 2.62 bits per heavy atom. The number of benzene rings is 1. The summed E-state index contributed by atoms with van der Waals surface area (Å²) in [6.45, 7) is 3.05. The molecule has 0 spiro atoms. The Morgan fingerprint density at radius 2 is 2.06 bits per heavy atom. The number of hydrogen-bond donors (Lipinski definition) is 2. The van der Waals surface area contributed by atoms with E-state index in [2.05, 4.69) is 10.2 Å². The van der Waals surface area contributed by atoms with Crippen LogP contribution in [0.5, 0.6) is 5.75 Å². The SMILES string of the molecule is Cc1cc(-c2ccc(OCCN)cc2)n[nH]1. The van der Waals surface area contributed by atoms with Crippen molar-refractivity contribution in [2.24, 2.45) is 5.73 Å². The number of ether oxygens (including phenoxy) is 1. The third-order valence-electron chi connectivity index (χ3n) is 2.24. The van der Waals surface area contributed by atoms with E-state index in [4.69, 9.17) is 10.5 Å². The average Bonchev–Trinajstić information content (AvgIpc) is 2.74. The first-order chi connectivity index (χ1) is 7.79. The van der Waals surface area contributed by atoms with E-state index in [1.807, 2.05) is 37.3 Å². The summed E-state index contributed by atoms with van der Waals surface area (Å²) in [7, 11) is 0. The molecule has 2 aromatic rings. The first kappa shape index (κ1) is 10.7. The van der Waals surface area contributed by atoms with Crippen LogP contribution in [0.3, 0.4) is 0 Å². The molecule has 0 saturated carbocycles. The molecule has 1 aromatic heterocycles. The fourth-order valence-electron chi connectivity index (χ4n) is 1.46. The molecule has 0 aliphatic rings. The van der Waals surface area contributed by atoms with Crippen LogP contribution in [-0.2, 0) is 0 Å². The van der Waals surface area contributed by atoms with Gasteiger partial charge in [-0.15, -0.1) is 0 Å². The van der Waals surface area contributed by atoms with Crippen LogP contribution >= 0.6 is 0 Å². The molecule has 1 heterocycles. The van der Waals surface area contributed by atoms with Crippen molar-refractivity contribution in [3.8, 4) is 17.0 Å². The number of nitrogens with one attached hydrogen (secondary N) is 1. The Bertz CT molecular complexity index is 448. The van der Waals surface area contributed by atoms with Gasteiger partial charge < -0.3 is 10.5 Å². The lowest BCUT2D eigenvalue weighted by molar-refractivity contribution is 0.328. The summed E-state index contributed by atoms with van der Waals surface area (Å²) in [5.74, 6) is 0.835. The number of nitrogens with two attached hydrogens (primary N) is 1. The molecule has 0 aliphatic heterocycles. The number of nitrogens with zero attached hydrogens (tertiary/aromatic N) is 1. The number of aromatic amines is 1. The highest BCUT2D eigenvalue weighted by atomic mass is 16.5. The second-order valence-corrected chi connectivity index (χ2v) is 3.60. The van der Waals surface area contributed by atoms with Crippen LogP contribution in [0.2, 0.25) is 0 Å². The van der Waals surface area contributed by atoms with Gasteiger partial charge in [0.15, 0.2) is 0 Å². The Balaban J connectivity index is 2.13. The van der Waals surface area contributed by atoms with Gasteiger partial charge in [0, 0.05) is 17.8 Å². The van der Waals surface area contributed by atoms with Crippen LogP contribution in [0.4, 0.5) is 0 Å². The largest absolute Gasteiger partial charge is 0.492 e. The van der Waals surface area contributed by atoms with Gasteiger partial charge >= 0.3 is 0 Å². The van der Waals surface area contributed by atoms with Gasteiger partial charge in [0.05, 0.1) is 5.69 Å². The Morgan fingerprint density at radius 1 is 1.31 bits per heavy atom. The second kappa shape index (κ2) is 4.81. The highest BCUT2D eigenvalue weighted by molar-refractivity contribution is 5.60. The monoisotopic (exact) mass is 217 g/mol. The zero-order valence-corrected chi connectivity index (χ0v) is 9.23. The molecule has 0 saturated heterocycles. The highest BCUT2D eigenvalue weighted by Gasteiger charge is 2.01. The number of rotatable bonds is 4. The first-order valence-electron chi connectivity index (χ1n) is 5.25. The summed E-state index contributed by atoms with van der Waals surface area (Å²) in [5, 5.41) is 7.11. The normalized spacial score (nSPS) is 10.4. The molecule has 0 radical (unpaired) electrons. The maximum Gasteiger partial charge on any atom is 0.119 e. The third kappa shape index (κ3) is 2.41. The average molecular weight is 217 g/mol. The van der Waals surface area contributed by atoms with Crippen LogP contribution < -0.4 is 10.5 Å². The first-order valence-corrected chi connectivity index (χ1v) is 5.25. The van der Waals surface area contributed by atoms with Crippen molar-refractivity contribution >= 4 is 0 Å². The van der Waals surface area contributed by atoms with E-state index in [1.165, 1.54) is 0 Å². The van der Waals surface area contributed by atoms with E-state index in [9.17, 15) is 0 Å². The lowest BCUT2D eigenvalue weighted by atomic mass is 10.1. The fourth-order valence-corrected chi connectivity index (χ4v) is 1.46. The zero-order chi connectivity index (χ0) is 11.4. The molecular weight excluding hydrogens is 202 g/mol. The van der Waals surface area contributed by atoms with E-state index >= 15 is 0 Å². The molecule has 84 valence electrons. The van der Waals surface area contributed by atoms with Gasteiger partial charge in [-0.3, -0.25) is 5.10 Å². The van der Waals surface area contributed by atoms with Crippen molar-refractivity contribution in [2.45, 2.75) is 6.92 Å². The molecule has 0 atom stereocenters. The molecular formula is C12H15N3O. The van der Waals surface area contributed by atoms with Crippen LogP contribution in [0, 0.1) is 6.92 Å². The maximum atomic E-state index is 5.40. The molecule has 0 amide bonds. The standard InChI is InChI=1S/C12H15N3O/c1-9-8-12(15-14-9)10-2-4-11(5-3-10)16-7-6-13/h2-5,8H,6-7,13H2,1H3,(H,14,15). The smallest absolute Gasteiger partial charge is 0.119 e. The molecule has 1 aromatic carbocycles. The highest BCUT2D eigenvalue weighted by Crippen LogP contribution is 2.20. The lowest BCUT2D eigenvalue weighted by Gasteiger charge is -2.04. The molecule has 2 rings (SSSR count). The summed E-state index contributed by atoms with van der Waals surface area (Å²) in [5.41, 5.74) is 8.44. The number of aromatic nitrogens is 2. The molecule has 3 N–H and O–H groups in total. The van der Waals surface area contributed by atoms with Crippen LogP contribution in [0.25, 0.3) is 11.3 Å². The van der Waals surface area contributed by atoms with Crippen molar-refractivity contribution in [1.82, 2.24) is 10.2 Å². The molecule has 4 nitrogen and oxygen atoms in total. The van der Waals surface area contributed by atoms with E-state index in [1.54, 1.807) is 0 Å². The lowest BCUT2D eigenvalue weighted by Crippen LogP contribution is -2.10. The fraction of sp³-hybridized carbons (Fsp3) is 0.250. The number of hydrogen-bond acceptors (Lipinski definition) is 3. The minimum Gasteiger partial charge on any atom is -0.492 e.